The lowest BCUT2D eigenvalue weighted by Gasteiger charge is -2.23. The first-order chi connectivity index (χ1) is 10.7. The summed E-state index contributed by atoms with van der Waals surface area (Å²) in [6.45, 7) is 3.31. The Morgan fingerprint density at radius 1 is 1.27 bits per heavy atom. The lowest BCUT2D eigenvalue weighted by Crippen LogP contribution is -2.35. The number of benzene rings is 1. The zero-order valence-electron chi connectivity index (χ0n) is 13.2. The smallest absolute Gasteiger partial charge is 0.228 e. The van der Waals surface area contributed by atoms with Crippen molar-refractivity contribution < 1.29 is 9.59 Å². The third-order valence-electron chi connectivity index (χ3n) is 4.75. The quantitative estimate of drug-likeness (QED) is 0.929. The van der Waals surface area contributed by atoms with E-state index in [4.69, 9.17) is 0 Å². The van der Waals surface area contributed by atoms with Crippen LogP contribution in [-0.4, -0.2) is 24.9 Å². The third-order valence-corrected chi connectivity index (χ3v) is 4.75. The van der Waals surface area contributed by atoms with Gasteiger partial charge in [-0.25, -0.2) is 0 Å². The maximum atomic E-state index is 12.5. The molecule has 1 aromatic rings. The molecule has 1 saturated carbocycles. The van der Waals surface area contributed by atoms with E-state index in [-0.39, 0.29) is 17.7 Å². The number of carbonyl (C=O) groups is 2. The second-order valence-electron chi connectivity index (χ2n) is 6.49. The van der Waals surface area contributed by atoms with Crippen molar-refractivity contribution in [2.24, 2.45) is 11.8 Å². The van der Waals surface area contributed by atoms with Gasteiger partial charge in [-0.3, -0.25) is 9.59 Å². The van der Waals surface area contributed by atoms with Crippen molar-refractivity contribution >= 4 is 17.5 Å². The van der Waals surface area contributed by atoms with Gasteiger partial charge in [0, 0.05) is 31.1 Å². The molecule has 4 nitrogen and oxygen atoms in total. The number of carbonyl (C=O) groups excluding carboxylic acids is 2. The monoisotopic (exact) mass is 300 g/mol. The fraction of sp³-hybridized carbons (Fsp3) is 0.556. The van der Waals surface area contributed by atoms with Crippen molar-refractivity contribution in [1.29, 1.82) is 0 Å². The van der Waals surface area contributed by atoms with E-state index in [9.17, 15) is 9.59 Å². The average Bonchev–Trinajstić information content (AvgIpc) is 3.28. The summed E-state index contributed by atoms with van der Waals surface area (Å²) >= 11 is 0. The number of fused-ring (bicyclic) bond motifs is 1. The molecule has 0 spiro atoms. The Morgan fingerprint density at radius 3 is 2.82 bits per heavy atom. The van der Waals surface area contributed by atoms with Crippen LogP contribution in [0, 0.1) is 11.8 Å². The number of hydrogen-bond donors (Lipinski definition) is 1. The second-order valence-corrected chi connectivity index (χ2v) is 6.49. The molecule has 0 saturated heterocycles. The van der Waals surface area contributed by atoms with Crippen LogP contribution in [0.5, 0.6) is 0 Å². The highest BCUT2D eigenvalue weighted by molar-refractivity contribution is 5.94. The normalized spacial score (nSPS) is 23.4. The van der Waals surface area contributed by atoms with Gasteiger partial charge in [0.05, 0.1) is 0 Å². The van der Waals surface area contributed by atoms with Gasteiger partial charge in [-0.05, 0) is 43.2 Å². The third kappa shape index (κ3) is 3.32. The molecule has 2 amide bonds. The number of aryl methyl sites for hydroxylation is 1. The zero-order chi connectivity index (χ0) is 15.5. The minimum atomic E-state index is 0.108. The van der Waals surface area contributed by atoms with Crippen LogP contribution in [0.15, 0.2) is 24.3 Å². The summed E-state index contributed by atoms with van der Waals surface area (Å²) < 4.78 is 0. The molecule has 0 bridgehead atoms. The van der Waals surface area contributed by atoms with Crippen molar-refractivity contribution in [3.8, 4) is 0 Å². The van der Waals surface area contributed by atoms with Crippen molar-refractivity contribution in [1.82, 2.24) is 5.32 Å². The zero-order valence-corrected chi connectivity index (χ0v) is 13.2. The van der Waals surface area contributed by atoms with Crippen LogP contribution in [0.4, 0.5) is 5.69 Å². The Bertz CT molecular complexity index is 570. The van der Waals surface area contributed by atoms with E-state index in [0.717, 1.165) is 37.9 Å². The van der Waals surface area contributed by atoms with Crippen molar-refractivity contribution in [2.75, 3.05) is 18.0 Å². The predicted octanol–water partition coefficient (Wildman–Crippen LogP) is 2.52. The fourth-order valence-electron chi connectivity index (χ4n) is 3.20. The average molecular weight is 300 g/mol. The molecule has 1 N–H and O–H groups in total. The Morgan fingerprint density at radius 2 is 2.05 bits per heavy atom. The Balaban J connectivity index is 1.56. The number of anilines is 1. The first kappa shape index (κ1) is 15.1. The minimum absolute atomic E-state index is 0.108. The SMILES string of the molecule is C[C@@H]1C[C@@H]1C(=O)NCCC(=O)N1CCCCc2ccccc21. The molecule has 3 rings (SSSR count). The minimum Gasteiger partial charge on any atom is -0.355 e. The second kappa shape index (κ2) is 6.51. The van der Waals surface area contributed by atoms with Gasteiger partial charge < -0.3 is 10.2 Å². The summed E-state index contributed by atoms with van der Waals surface area (Å²) in [5.41, 5.74) is 2.30. The summed E-state index contributed by atoms with van der Waals surface area (Å²) in [6.07, 6.45) is 4.56. The molecule has 1 aliphatic carbocycles. The molecular weight excluding hydrogens is 276 g/mol. The molecule has 2 atom stereocenters. The van der Waals surface area contributed by atoms with E-state index < -0.39 is 0 Å². The summed E-state index contributed by atoms with van der Waals surface area (Å²) in [4.78, 5) is 26.2. The Hall–Kier alpha value is -1.84. The first-order valence-electron chi connectivity index (χ1n) is 8.33. The van der Waals surface area contributed by atoms with Gasteiger partial charge in [-0.15, -0.1) is 0 Å². The first-order valence-corrected chi connectivity index (χ1v) is 8.33. The van der Waals surface area contributed by atoms with Gasteiger partial charge in [0.15, 0.2) is 0 Å². The van der Waals surface area contributed by atoms with Gasteiger partial charge in [-0.1, -0.05) is 25.1 Å². The van der Waals surface area contributed by atoms with E-state index in [2.05, 4.69) is 18.3 Å². The molecule has 2 aliphatic rings. The highest BCUT2D eigenvalue weighted by atomic mass is 16.2. The van der Waals surface area contributed by atoms with Gasteiger partial charge in [-0.2, -0.15) is 0 Å². The molecular formula is C18H24N2O2. The number of nitrogens with zero attached hydrogens (tertiary/aromatic N) is 1. The lowest BCUT2D eigenvalue weighted by molar-refractivity contribution is -0.122. The van der Waals surface area contributed by atoms with E-state index in [1.54, 1.807) is 0 Å². The molecule has 1 fully saturated rings. The largest absolute Gasteiger partial charge is 0.355 e. The molecule has 1 heterocycles. The van der Waals surface area contributed by atoms with Crippen LogP contribution >= 0.6 is 0 Å². The van der Waals surface area contributed by atoms with Crippen molar-refractivity contribution in [2.45, 2.75) is 39.0 Å². The van der Waals surface area contributed by atoms with Gasteiger partial charge in [0.25, 0.3) is 0 Å². The lowest BCUT2D eigenvalue weighted by atomic mass is 10.1. The van der Waals surface area contributed by atoms with Crippen LogP contribution in [0.25, 0.3) is 0 Å². The van der Waals surface area contributed by atoms with E-state index in [0.29, 0.717) is 18.9 Å². The molecule has 0 radical (unpaired) electrons. The molecule has 0 aromatic heterocycles. The van der Waals surface area contributed by atoms with Crippen LogP contribution in [0.2, 0.25) is 0 Å². The highest BCUT2D eigenvalue weighted by Crippen LogP contribution is 2.37. The van der Waals surface area contributed by atoms with Crippen LogP contribution < -0.4 is 10.2 Å². The maximum Gasteiger partial charge on any atom is 0.228 e. The van der Waals surface area contributed by atoms with Crippen molar-refractivity contribution in [3.05, 3.63) is 29.8 Å². The molecule has 0 unspecified atom stereocenters. The molecule has 118 valence electrons. The topological polar surface area (TPSA) is 49.4 Å². The van der Waals surface area contributed by atoms with E-state index in [1.165, 1.54) is 5.56 Å². The molecule has 22 heavy (non-hydrogen) atoms. The fourth-order valence-corrected chi connectivity index (χ4v) is 3.20. The van der Waals surface area contributed by atoms with Crippen LogP contribution in [0.3, 0.4) is 0 Å². The Kier molecular flexibility index (Phi) is 4.46. The predicted molar refractivity (Wildman–Crippen MR) is 86.6 cm³/mol. The summed E-state index contributed by atoms with van der Waals surface area (Å²) in [5, 5.41) is 2.90. The van der Waals surface area contributed by atoms with Gasteiger partial charge in [0.2, 0.25) is 11.8 Å². The standard InChI is InChI=1S/C18H24N2O2/c1-13-12-15(13)18(22)19-10-9-17(21)20-11-5-4-7-14-6-2-3-8-16(14)20/h2-3,6,8,13,15H,4-5,7,9-12H2,1H3,(H,19,22)/t13-,15+/m1/s1. The summed E-state index contributed by atoms with van der Waals surface area (Å²) in [5.74, 6) is 0.900. The maximum absolute atomic E-state index is 12.5. The number of nitrogens with one attached hydrogen (secondary N) is 1. The number of para-hydroxylation sites is 1. The highest BCUT2D eigenvalue weighted by Gasteiger charge is 2.38. The molecule has 4 heteroatoms. The summed E-state index contributed by atoms with van der Waals surface area (Å²) in [6, 6.07) is 8.16. The summed E-state index contributed by atoms with van der Waals surface area (Å²) in [7, 11) is 0. The van der Waals surface area contributed by atoms with Crippen LogP contribution in [0.1, 0.15) is 38.2 Å². The van der Waals surface area contributed by atoms with Crippen molar-refractivity contribution in [3.63, 3.8) is 0 Å². The van der Waals surface area contributed by atoms with Crippen LogP contribution in [-0.2, 0) is 16.0 Å². The molecule has 1 aromatic carbocycles. The number of hydrogen-bond acceptors (Lipinski definition) is 2. The van der Waals surface area contributed by atoms with Gasteiger partial charge in [0.1, 0.15) is 0 Å². The number of amides is 2. The van der Waals surface area contributed by atoms with Gasteiger partial charge >= 0.3 is 0 Å². The van der Waals surface area contributed by atoms with E-state index in [1.807, 2.05) is 23.1 Å². The van der Waals surface area contributed by atoms with E-state index >= 15 is 0 Å². The molecule has 1 aliphatic heterocycles. The number of rotatable bonds is 4. The Labute approximate surface area is 131 Å².